The predicted molar refractivity (Wildman–Crippen MR) is 115 cm³/mol. The van der Waals surface area contributed by atoms with E-state index in [1.165, 1.54) is 19.3 Å². The molecule has 29 heavy (non-hydrogen) atoms. The number of carbonyl (C=O) groups is 2. The number of rotatable bonds is 6. The summed E-state index contributed by atoms with van der Waals surface area (Å²) in [6.45, 7) is 5.64. The smallest absolute Gasteiger partial charge is 0.265 e. The minimum atomic E-state index is -0.658. The highest BCUT2D eigenvalue weighted by Gasteiger charge is 2.19. The summed E-state index contributed by atoms with van der Waals surface area (Å²) in [7, 11) is 0. The highest BCUT2D eigenvalue weighted by atomic mass is 16.5. The SMILES string of the molecule is Cc1cccc(C)c1OC(C)C(=O)Nc1cccc(C(=O)NC2CCCCC2)c1. The van der Waals surface area contributed by atoms with Crippen LogP contribution < -0.4 is 15.4 Å². The van der Waals surface area contributed by atoms with Gasteiger partial charge in [-0.15, -0.1) is 0 Å². The number of anilines is 1. The zero-order valence-electron chi connectivity index (χ0n) is 17.5. The van der Waals surface area contributed by atoms with Gasteiger partial charge >= 0.3 is 0 Å². The number of hydrogen-bond acceptors (Lipinski definition) is 3. The van der Waals surface area contributed by atoms with Gasteiger partial charge in [0, 0.05) is 17.3 Å². The van der Waals surface area contributed by atoms with E-state index in [0.717, 1.165) is 29.7 Å². The summed E-state index contributed by atoms with van der Waals surface area (Å²) in [5.74, 6) is 0.390. The number of amides is 2. The van der Waals surface area contributed by atoms with Crippen LogP contribution in [0.25, 0.3) is 0 Å². The third-order valence-electron chi connectivity index (χ3n) is 5.41. The first kappa shape index (κ1) is 20.9. The molecular weight excluding hydrogens is 364 g/mol. The Labute approximate surface area is 172 Å². The van der Waals surface area contributed by atoms with Crippen LogP contribution in [0.5, 0.6) is 5.75 Å². The predicted octanol–water partition coefficient (Wildman–Crippen LogP) is 4.77. The van der Waals surface area contributed by atoms with Crippen LogP contribution in [0.3, 0.4) is 0 Å². The molecule has 0 saturated heterocycles. The molecule has 1 fully saturated rings. The Morgan fingerprint density at radius 2 is 1.66 bits per heavy atom. The van der Waals surface area contributed by atoms with Gasteiger partial charge in [0.2, 0.25) is 0 Å². The quantitative estimate of drug-likeness (QED) is 0.741. The zero-order chi connectivity index (χ0) is 20.8. The highest BCUT2D eigenvalue weighted by molar-refractivity contribution is 5.98. The van der Waals surface area contributed by atoms with Crippen molar-refractivity contribution in [3.8, 4) is 5.75 Å². The Kier molecular flexibility index (Phi) is 6.91. The second-order valence-electron chi connectivity index (χ2n) is 7.86. The van der Waals surface area contributed by atoms with Gasteiger partial charge in [-0.2, -0.15) is 0 Å². The third-order valence-corrected chi connectivity index (χ3v) is 5.41. The normalized spacial score (nSPS) is 15.4. The molecule has 1 atom stereocenters. The molecule has 0 aliphatic heterocycles. The second-order valence-corrected chi connectivity index (χ2v) is 7.86. The minimum absolute atomic E-state index is 0.0900. The average Bonchev–Trinajstić information content (AvgIpc) is 2.71. The Morgan fingerprint density at radius 3 is 2.34 bits per heavy atom. The maximum absolute atomic E-state index is 12.6. The lowest BCUT2D eigenvalue weighted by Gasteiger charge is -2.23. The van der Waals surface area contributed by atoms with E-state index >= 15 is 0 Å². The van der Waals surface area contributed by atoms with Gasteiger partial charge in [-0.1, -0.05) is 43.5 Å². The van der Waals surface area contributed by atoms with Crippen molar-refractivity contribution in [1.82, 2.24) is 5.32 Å². The monoisotopic (exact) mass is 394 g/mol. The fourth-order valence-corrected chi connectivity index (χ4v) is 3.71. The van der Waals surface area contributed by atoms with Gasteiger partial charge < -0.3 is 15.4 Å². The number of para-hydroxylation sites is 1. The van der Waals surface area contributed by atoms with Gasteiger partial charge in [-0.3, -0.25) is 9.59 Å². The minimum Gasteiger partial charge on any atom is -0.480 e. The first-order valence-corrected chi connectivity index (χ1v) is 10.4. The van der Waals surface area contributed by atoms with Gasteiger partial charge in [0.1, 0.15) is 5.75 Å². The standard InChI is InChI=1S/C24H30N2O3/c1-16-9-7-10-17(2)22(16)29-18(3)23(27)26-21-14-8-11-19(15-21)24(28)25-20-12-5-4-6-13-20/h7-11,14-15,18,20H,4-6,12-13H2,1-3H3,(H,25,28)(H,26,27). The van der Waals surface area contributed by atoms with E-state index in [-0.39, 0.29) is 17.9 Å². The Hall–Kier alpha value is -2.82. The summed E-state index contributed by atoms with van der Waals surface area (Å²) in [4.78, 5) is 25.2. The molecule has 1 aliphatic carbocycles. The molecule has 2 amide bonds. The van der Waals surface area contributed by atoms with Crippen molar-refractivity contribution in [3.05, 3.63) is 59.2 Å². The molecule has 2 aromatic carbocycles. The van der Waals surface area contributed by atoms with Crippen molar-refractivity contribution in [1.29, 1.82) is 0 Å². The van der Waals surface area contributed by atoms with Crippen molar-refractivity contribution in [2.75, 3.05) is 5.32 Å². The lowest BCUT2D eigenvalue weighted by Crippen LogP contribution is -2.36. The van der Waals surface area contributed by atoms with Gasteiger partial charge in [-0.25, -0.2) is 0 Å². The van der Waals surface area contributed by atoms with E-state index in [0.29, 0.717) is 11.3 Å². The lowest BCUT2D eigenvalue weighted by molar-refractivity contribution is -0.122. The molecule has 0 spiro atoms. The van der Waals surface area contributed by atoms with E-state index in [9.17, 15) is 9.59 Å². The van der Waals surface area contributed by atoms with Crippen LogP contribution in [0, 0.1) is 13.8 Å². The molecule has 1 unspecified atom stereocenters. The number of aryl methyl sites for hydroxylation is 2. The van der Waals surface area contributed by atoms with Crippen LogP contribution >= 0.6 is 0 Å². The maximum atomic E-state index is 12.6. The molecule has 1 aliphatic rings. The molecule has 3 rings (SSSR count). The van der Waals surface area contributed by atoms with Crippen molar-refractivity contribution >= 4 is 17.5 Å². The van der Waals surface area contributed by atoms with Crippen LogP contribution in [0.15, 0.2) is 42.5 Å². The molecule has 0 bridgehead atoms. The molecular formula is C24H30N2O3. The van der Waals surface area contributed by atoms with Crippen molar-refractivity contribution in [2.24, 2.45) is 0 Å². The summed E-state index contributed by atoms with van der Waals surface area (Å²) in [6.07, 6.45) is 4.99. The number of ether oxygens (including phenoxy) is 1. The molecule has 1 saturated carbocycles. The third kappa shape index (κ3) is 5.59. The van der Waals surface area contributed by atoms with Gasteiger partial charge in [0.15, 0.2) is 6.10 Å². The molecule has 5 heteroatoms. The van der Waals surface area contributed by atoms with Gasteiger partial charge in [-0.05, 0) is 62.9 Å². The average molecular weight is 395 g/mol. The number of carbonyl (C=O) groups excluding carboxylic acids is 2. The number of nitrogens with one attached hydrogen (secondary N) is 2. The molecule has 2 N–H and O–H groups in total. The molecule has 0 radical (unpaired) electrons. The van der Waals surface area contributed by atoms with Crippen LogP contribution in [-0.2, 0) is 4.79 Å². The van der Waals surface area contributed by atoms with Crippen LogP contribution in [0.1, 0.15) is 60.5 Å². The molecule has 2 aromatic rings. The molecule has 0 aromatic heterocycles. The Bertz CT molecular complexity index is 852. The largest absolute Gasteiger partial charge is 0.480 e. The van der Waals surface area contributed by atoms with Crippen molar-refractivity contribution in [3.63, 3.8) is 0 Å². The zero-order valence-corrected chi connectivity index (χ0v) is 17.5. The summed E-state index contributed by atoms with van der Waals surface area (Å²) in [6, 6.07) is 13.2. The molecule has 154 valence electrons. The summed E-state index contributed by atoms with van der Waals surface area (Å²) in [5, 5.41) is 5.96. The van der Waals surface area contributed by atoms with E-state index in [1.807, 2.05) is 32.0 Å². The lowest BCUT2D eigenvalue weighted by atomic mass is 9.95. The first-order valence-electron chi connectivity index (χ1n) is 10.4. The van der Waals surface area contributed by atoms with Gasteiger partial charge in [0.25, 0.3) is 11.8 Å². The van der Waals surface area contributed by atoms with Crippen LogP contribution in [0.4, 0.5) is 5.69 Å². The number of hydrogen-bond donors (Lipinski definition) is 2. The van der Waals surface area contributed by atoms with Crippen LogP contribution in [-0.4, -0.2) is 24.0 Å². The van der Waals surface area contributed by atoms with E-state index < -0.39 is 6.10 Å². The fourth-order valence-electron chi connectivity index (χ4n) is 3.71. The fraction of sp³-hybridized carbons (Fsp3) is 0.417. The highest BCUT2D eigenvalue weighted by Crippen LogP contribution is 2.24. The second kappa shape index (κ2) is 9.59. The topological polar surface area (TPSA) is 67.4 Å². The maximum Gasteiger partial charge on any atom is 0.265 e. The summed E-state index contributed by atoms with van der Waals surface area (Å²) >= 11 is 0. The van der Waals surface area contributed by atoms with Crippen LogP contribution in [0.2, 0.25) is 0 Å². The molecule has 5 nitrogen and oxygen atoms in total. The van der Waals surface area contributed by atoms with E-state index in [2.05, 4.69) is 10.6 Å². The molecule has 0 heterocycles. The Balaban J connectivity index is 1.61. The summed E-state index contributed by atoms with van der Waals surface area (Å²) < 4.78 is 5.90. The van der Waals surface area contributed by atoms with E-state index in [1.54, 1.807) is 31.2 Å². The summed E-state index contributed by atoms with van der Waals surface area (Å²) in [5.41, 5.74) is 3.12. The van der Waals surface area contributed by atoms with Gasteiger partial charge in [0.05, 0.1) is 0 Å². The number of benzene rings is 2. The van der Waals surface area contributed by atoms with E-state index in [4.69, 9.17) is 4.74 Å². The van der Waals surface area contributed by atoms with Crippen molar-refractivity contribution in [2.45, 2.75) is 65.0 Å². The first-order chi connectivity index (χ1) is 13.9. The van der Waals surface area contributed by atoms with Crippen molar-refractivity contribution < 1.29 is 14.3 Å². The Morgan fingerprint density at radius 1 is 1.00 bits per heavy atom.